The molecule has 1 amide bonds. The summed E-state index contributed by atoms with van der Waals surface area (Å²) in [5.41, 5.74) is 2.43. The van der Waals surface area contributed by atoms with Gasteiger partial charge in [0.2, 0.25) is 0 Å². The van der Waals surface area contributed by atoms with Crippen molar-refractivity contribution in [3.63, 3.8) is 0 Å². The monoisotopic (exact) mass is 326 g/mol. The molecule has 126 valence electrons. The predicted molar refractivity (Wildman–Crippen MR) is 88.9 cm³/mol. The van der Waals surface area contributed by atoms with E-state index in [1.54, 1.807) is 12.1 Å². The van der Waals surface area contributed by atoms with E-state index in [1.165, 1.54) is 12.8 Å². The van der Waals surface area contributed by atoms with Crippen molar-refractivity contribution in [1.82, 2.24) is 19.9 Å². The third kappa shape index (κ3) is 2.88. The van der Waals surface area contributed by atoms with Crippen molar-refractivity contribution < 1.29 is 9.90 Å². The first-order valence-corrected chi connectivity index (χ1v) is 8.62. The summed E-state index contributed by atoms with van der Waals surface area (Å²) in [5, 5.41) is 18.5. The van der Waals surface area contributed by atoms with E-state index in [0.717, 1.165) is 30.6 Å². The number of phenolic OH excluding ortho intramolecular Hbond substituents is 1. The summed E-state index contributed by atoms with van der Waals surface area (Å²) in [6, 6.07) is 5.26. The first-order valence-electron chi connectivity index (χ1n) is 8.62. The van der Waals surface area contributed by atoms with Gasteiger partial charge in [0.1, 0.15) is 5.75 Å². The molecule has 2 aliphatic rings. The molecule has 1 aromatic heterocycles. The van der Waals surface area contributed by atoms with Crippen LogP contribution in [0.5, 0.6) is 5.75 Å². The first-order chi connectivity index (χ1) is 11.6. The number of hydrogen-bond donors (Lipinski definition) is 1. The Bertz CT molecular complexity index is 766. The van der Waals surface area contributed by atoms with Crippen LogP contribution in [0, 0.1) is 6.92 Å². The molecule has 0 bridgehead atoms. The predicted octanol–water partition coefficient (Wildman–Crippen LogP) is 2.47. The number of phenols is 1. The van der Waals surface area contributed by atoms with E-state index in [2.05, 4.69) is 10.3 Å². The van der Waals surface area contributed by atoms with Crippen LogP contribution in [0.15, 0.2) is 24.4 Å². The van der Waals surface area contributed by atoms with Crippen molar-refractivity contribution in [1.29, 1.82) is 0 Å². The minimum absolute atomic E-state index is 0.0491. The highest BCUT2D eigenvalue weighted by molar-refractivity contribution is 5.97. The van der Waals surface area contributed by atoms with E-state index in [9.17, 15) is 9.90 Å². The number of benzene rings is 1. The van der Waals surface area contributed by atoms with Crippen LogP contribution in [0.1, 0.15) is 53.2 Å². The van der Waals surface area contributed by atoms with Gasteiger partial charge in [0.15, 0.2) is 0 Å². The molecule has 1 saturated heterocycles. The van der Waals surface area contributed by atoms with Crippen molar-refractivity contribution >= 4 is 5.91 Å². The number of amides is 1. The molecule has 6 nitrogen and oxygen atoms in total. The van der Waals surface area contributed by atoms with Gasteiger partial charge in [-0.1, -0.05) is 16.8 Å². The van der Waals surface area contributed by atoms with E-state index in [0.29, 0.717) is 18.0 Å². The smallest absolute Gasteiger partial charge is 0.257 e. The molecular weight excluding hydrogens is 304 g/mol. The summed E-state index contributed by atoms with van der Waals surface area (Å²) in [4.78, 5) is 14.7. The second kappa shape index (κ2) is 5.92. The lowest BCUT2D eigenvalue weighted by Gasteiger charge is -2.25. The molecule has 4 rings (SSSR count). The van der Waals surface area contributed by atoms with Crippen molar-refractivity contribution in [2.75, 3.05) is 6.54 Å². The summed E-state index contributed by atoms with van der Waals surface area (Å²) in [6.07, 6.45) is 6.37. The third-order valence-corrected chi connectivity index (χ3v) is 4.97. The fraction of sp³-hybridized carbons (Fsp3) is 0.500. The van der Waals surface area contributed by atoms with Crippen LogP contribution in [0.25, 0.3) is 0 Å². The number of likely N-dealkylation sites (tertiary alicyclic amines) is 1. The summed E-state index contributed by atoms with van der Waals surface area (Å²) < 4.78 is 1.86. The zero-order chi connectivity index (χ0) is 16.7. The maximum Gasteiger partial charge on any atom is 0.257 e. The quantitative estimate of drug-likeness (QED) is 0.937. The Morgan fingerprint density at radius 3 is 2.96 bits per heavy atom. The fourth-order valence-corrected chi connectivity index (χ4v) is 3.45. The number of rotatable bonds is 4. The van der Waals surface area contributed by atoms with E-state index in [-0.39, 0.29) is 17.7 Å². The Kier molecular flexibility index (Phi) is 3.75. The molecule has 2 aromatic rings. The topological polar surface area (TPSA) is 71.2 Å². The number of aromatic nitrogens is 3. The molecule has 0 radical (unpaired) electrons. The Balaban J connectivity index is 1.51. The van der Waals surface area contributed by atoms with Crippen molar-refractivity contribution in [3.8, 4) is 5.75 Å². The Hall–Kier alpha value is -2.37. The second-order valence-electron chi connectivity index (χ2n) is 6.95. The average Bonchev–Trinajstić information content (AvgIpc) is 3.14. The van der Waals surface area contributed by atoms with E-state index >= 15 is 0 Å². The minimum atomic E-state index is -0.0961. The highest BCUT2D eigenvalue weighted by Crippen LogP contribution is 2.38. The SMILES string of the molecule is Cc1ccc(O)c(C(=O)N2CCC[C@H]2Cn2cc(C3CC3)nn2)c1. The molecule has 0 spiro atoms. The van der Waals surface area contributed by atoms with Crippen LogP contribution in [0.4, 0.5) is 0 Å². The second-order valence-corrected chi connectivity index (χ2v) is 6.95. The molecular formula is C18H22N4O2. The van der Waals surface area contributed by atoms with Crippen LogP contribution < -0.4 is 0 Å². The van der Waals surface area contributed by atoms with Gasteiger partial charge in [-0.05, 0) is 44.7 Å². The highest BCUT2D eigenvalue weighted by Gasteiger charge is 2.32. The molecule has 1 atom stereocenters. The Morgan fingerprint density at radius 2 is 2.17 bits per heavy atom. The van der Waals surface area contributed by atoms with Gasteiger partial charge in [-0.25, -0.2) is 0 Å². The zero-order valence-corrected chi connectivity index (χ0v) is 13.9. The van der Waals surface area contributed by atoms with Gasteiger partial charge >= 0.3 is 0 Å². The normalized spacial score (nSPS) is 20.5. The molecule has 6 heteroatoms. The lowest BCUT2D eigenvalue weighted by molar-refractivity contribution is 0.0718. The van der Waals surface area contributed by atoms with Gasteiger partial charge in [0.05, 0.1) is 23.8 Å². The standard InChI is InChI=1S/C18H22N4O2/c1-12-4-7-17(23)15(9-12)18(24)22-8-2-3-14(22)10-21-11-16(19-20-21)13-5-6-13/h4,7,9,11,13-14,23H,2-3,5-6,8,10H2,1H3/t14-/m0/s1. The molecule has 1 aliphatic carbocycles. The van der Waals surface area contributed by atoms with Gasteiger partial charge in [0, 0.05) is 18.7 Å². The number of aryl methyl sites for hydroxylation is 1. The average molecular weight is 326 g/mol. The summed E-state index contributed by atoms with van der Waals surface area (Å²) in [5.74, 6) is 0.540. The van der Waals surface area contributed by atoms with Gasteiger partial charge < -0.3 is 10.0 Å². The zero-order valence-electron chi connectivity index (χ0n) is 13.9. The van der Waals surface area contributed by atoms with Crippen LogP contribution in [0.3, 0.4) is 0 Å². The fourth-order valence-electron chi connectivity index (χ4n) is 3.45. The largest absolute Gasteiger partial charge is 0.507 e. The van der Waals surface area contributed by atoms with Gasteiger partial charge in [-0.15, -0.1) is 5.10 Å². The third-order valence-electron chi connectivity index (χ3n) is 4.97. The maximum atomic E-state index is 12.9. The van der Waals surface area contributed by atoms with Crippen molar-refractivity contribution in [3.05, 3.63) is 41.2 Å². The van der Waals surface area contributed by atoms with Gasteiger partial charge in [-0.3, -0.25) is 9.48 Å². The molecule has 1 aromatic carbocycles. The number of aromatic hydroxyl groups is 1. The van der Waals surface area contributed by atoms with Crippen LogP contribution in [-0.4, -0.2) is 43.5 Å². The van der Waals surface area contributed by atoms with Crippen LogP contribution >= 0.6 is 0 Å². The molecule has 2 heterocycles. The Labute approximate surface area is 141 Å². The van der Waals surface area contributed by atoms with E-state index in [1.807, 2.05) is 28.8 Å². The maximum absolute atomic E-state index is 12.9. The number of carbonyl (C=O) groups excluding carboxylic acids is 1. The molecule has 0 unspecified atom stereocenters. The lowest BCUT2D eigenvalue weighted by Crippen LogP contribution is -2.38. The van der Waals surface area contributed by atoms with Gasteiger partial charge in [-0.2, -0.15) is 0 Å². The molecule has 1 aliphatic heterocycles. The van der Waals surface area contributed by atoms with Crippen LogP contribution in [0.2, 0.25) is 0 Å². The first kappa shape index (κ1) is 15.2. The van der Waals surface area contributed by atoms with Gasteiger partial charge in [0.25, 0.3) is 5.91 Å². The molecule has 24 heavy (non-hydrogen) atoms. The Morgan fingerprint density at radius 1 is 1.33 bits per heavy atom. The van der Waals surface area contributed by atoms with E-state index < -0.39 is 0 Å². The summed E-state index contributed by atoms with van der Waals surface area (Å²) >= 11 is 0. The van der Waals surface area contributed by atoms with E-state index in [4.69, 9.17) is 0 Å². The minimum Gasteiger partial charge on any atom is -0.507 e. The van der Waals surface area contributed by atoms with Crippen LogP contribution in [-0.2, 0) is 6.54 Å². The molecule has 2 fully saturated rings. The molecule has 1 saturated carbocycles. The summed E-state index contributed by atoms with van der Waals surface area (Å²) in [6.45, 7) is 3.31. The highest BCUT2D eigenvalue weighted by atomic mass is 16.3. The lowest BCUT2D eigenvalue weighted by atomic mass is 10.1. The number of carbonyl (C=O) groups is 1. The number of hydrogen-bond acceptors (Lipinski definition) is 4. The molecule has 1 N–H and O–H groups in total. The summed E-state index contributed by atoms with van der Waals surface area (Å²) in [7, 11) is 0. The number of nitrogens with zero attached hydrogens (tertiary/aromatic N) is 4. The van der Waals surface area contributed by atoms with Crippen molar-refractivity contribution in [2.24, 2.45) is 0 Å². The van der Waals surface area contributed by atoms with Crippen molar-refractivity contribution in [2.45, 2.75) is 51.1 Å².